The predicted octanol–water partition coefficient (Wildman–Crippen LogP) is 6.08. The zero-order chi connectivity index (χ0) is 22.5. The molecule has 0 aliphatic rings. The fourth-order valence-electron chi connectivity index (χ4n) is 2.90. The Bertz CT molecular complexity index is 1230. The Labute approximate surface area is 202 Å². The Morgan fingerprint density at radius 2 is 1.94 bits per heavy atom. The minimum atomic E-state index is -0.0931. The number of nitrogens with zero attached hydrogens (tertiary/aromatic N) is 3. The molecule has 32 heavy (non-hydrogen) atoms. The molecule has 0 fully saturated rings. The van der Waals surface area contributed by atoms with Crippen LogP contribution in [0.1, 0.15) is 5.69 Å². The molecule has 0 saturated heterocycles. The summed E-state index contributed by atoms with van der Waals surface area (Å²) < 4.78 is 6.28. The van der Waals surface area contributed by atoms with Gasteiger partial charge in [-0.25, -0.2) is 4.98 Å². The molecule has 9 heteroatoms. The summed E-state index contributed by atoms with van der Waals surface area (Å²) in [4.78, 5) is 17.8. The summed E-state index contributed by atoms with van der Waals surface area (Å²) in [6.45, 7) is 1.96. The van der Waals surface area contributed by atoms with E-state index in [1.807, 2.05) is 67.6 Å². The summed E-state index contributed by atoms with van der Waals surface area (Å²) in [6, 6.07) is 19.1. The van der Waals surface area contributed by atoms with E-state index < -0.39 is 0 Å². The number of benzene rings is 2. The number of hydrogen-bond donors (Lipinski definition) is 1. The lowest BCUT2D eigenvalue weighted by molar-refractivity contribution is -0.113. The lowest BCUT2D eigenvalue weighted by Crippen LogP contribution is -2.14. The minimum Gasteiger partial charge on any atom is -0.497 e. The number of thioether (sulfide) groups is 1. The van der Waals surface area contributed by atoms with Gasteiger partial charge >= 0.3 is 0 Å². The first-order valence-electron chi connectivity index (χ1n) is 9.66. The van der Waals surface area contributed by atoms with E-state index in [-0.39, 0.29) is 11.7 Å². The van der Waals surface area contributed by atoms with Crippen molar-refractivity contribution in [3.05, 3.63) is 70.8 Å². The lowest BCUT2D eigenvalue weighted by Gasteiger charge is -2.05. The molecule has 0 atom stereocenters. The number of aromatic nitrogens is 3. The number of carbonyl (C=O) groups excluding carboxylic acids is 1. The molecule has 0 unspecified atom stereocenters. The molecule has 2 aromatic carbocycles. The first-order chi connectivity index (χ1) is 15.5. The Balaban J connectivity index is 1.40. The number of ether oxygens (including phenoxy) is 1. The van der Waals surface area contributed by atoms with E-state index >= 15 is 0 Å². The molecule has 0 aliphatic carbocycles. The highest BCUT2D eigenvalue weighted by Crippen LogP contribution is 2.35. The zero-order valence-electron chi connectivity index (χ0n) is 17.3. The number of carbonyl (C=O) groups is 1. The number of aryl methyl sites for hydroxylation is 1. The van der Waals surface area contributed by atoms with E-state index in [0.717, 1.165) is 42.7 Å². The average molecular weight is 527 g/mol. The van der Waals surface area contributed by atoms with Crippen molar-refractivity contribution in [2.45, 2.75) is 11.9 Å². The van der Waals surface area contributed by atoms with Gasteiger partial charge in [0.1, 0.15) is 21.5 Å². The maximum absolute atomic E-state index is 12.2. The lowest BCUT2D eigenvalue weighted by atomic mass is 10.2. The molecule has 4 rings (SSSR count). The Kier molecular flexibility index (Phi) is 7.19. The van der Waals surface area contributed by atoms with Crippen molar-refractivity contribution >= 4 is 50.6 Å². The third-order valence-electron chi connectivity index (χ3n) is 4.47. The van der Waals surface area contributed by atoms with Crippen LogP contribution in [0.2, 0.25) is 0 Å². The van der Waals surface area contributed by atoms with Crippen LogP contribution in [0.3, 0.4) is 0 Å². The fourth-order valence-corrected chi connectivity index (χ4v) is 4.81. The smallest absolute Gasteiger partial charge is 0.234 e. The summed E-state index contributed by atoms with van der Waals surface area (Å²) in [5.74, 6) is 0.954. The van der Waals surface area contributed by atoms with E-state index in [9.17, 15) is 4.79 Å². The summed E-state index contributed by atoms with van der Waals surface area (Å²) in [6.07, 6.45) is 0. The molecule has 6 nitrogen and oxygen atoms in total. The highest BCUT2D eigenvalue weighted by molar-refractivity contribution is 9.10. The molecule has 0 saturated carbocycles. The molecular formula is C23H19BrN4O2S2. The number of nitrogens with one attached hydrogen (secondary N) is 1. The Morgan fingerprint density at radius 3 is 2.66 bits per heavy atom. The summed E-state index contributed by atoms with van der Waals surface area (Å²) in [7, 11) is 1.65. The van der Waals surface area contributed by atoms with Gasteiger partial charge in [-0.3, -0.25) is 4.79 Å². The number of thiazole rings is 1. The van der Waals surface area contributed by atoms with Gasteiger partial charge in [-0.1, -0.05) is 39.8 Å². The topological polar surface area (TPSA) is 77.0 Å². The van der Waals surface area contributed by atoms with Crippen LogP contribution in [0.5, 0.6) is 5.75 Å². The van der Waals surface area contributed by atoms with Crippen molar-refractivity contribution < 1.29 is 9.53 Å². The highest BCUT2D eigenvalue weighted by Gasteiger charge is 2.14. The van der Waals surface area contributed by atoms with Gasteiger partial charge in [0.25, 0.3) is 0 Å². The quantitative estimate of drug-likeness (QED) is 0.294. The molecular weight excluding hydrogens is 508 g/mol. The van der Waals surface area contributed by atoms with Crippen LogP contribution in [0.15, 0.2) is 70.2 Å². The van der Waals surface area contributed by atoms with Gasteiger partial charge in [-0.15, -0.1) is 21.5 Å². The van der Waals surface area contributed by atoms with Crippen LogP contribution in [0.4, 0.5) is 5.69 Å². The summed E-state index contributed by atoms with van der Waals surface area (Å²) in [5.41, 5.74) is 3.42. The van der Waals surface area contributed by atoms with Crippen molar-refractivity contribution in [2.24, 2.45) is 0 Å². The predicted molar refractivity (Wildman–Crippen MR) is 133 cm³/mol. The fraction of sp³-hybridized carbons (Fsp3) is 0.130. The molecule has 162 valence electrons. The first-order valence-corrected chi connectivity index (χ1v) is 12.3. The van der Waals surface area contributed by atoms with E-state index in [2.05, 4.69) is 31.4 Å². The number of methoxy groups -OCH3 is 1. The van der Waals surface area contributed by atoms with Crippen molar-refractivity contribution in [1.82, 2.24) is 15.2 Å². The molecule has 2 aromatic heterocycles. The molecule has 2 heterocycles. The van der Waals surface area contributed by atoms with Crippen LogP contribution in [0.25, 0.3) is 21.1 Å². The van der Waals surface area contributed by atoms with Gasteiger partial charge in [-0.05, 0) is 55.5 Å². The van der Waals surface area contributed by atoms with Crippen LogP contribution in [-0.2, 0) is 4.79 Å². The summed E-state index contributed by atoms with van der Waals surface area (Å²) >= 11 is 6.29. The summed E-state index contributed by atoms with van der Waals surface area (Å²) in [5, 5.41) is 13.1. The minimum absolute atomic E-state index is 0.0931. The number of halogens is 1. The number of hydrogen-bond acceptors (Lipinski definition) is 7. The van der Waals surface area contributed by atoms with E-state index in [1.165, 1.54) is 11.8 Å². The van der Waals surface area contributed by atoms with Crippen molar-refractivity contribution in [3.8, 4) is 26.9 Å². The molecule has 1 N–H and O–H groups in total. The van der Waals surface area contributed by atoms with Gasteiger partial charge < -0.3 is 10.1 Å². The SMILES string of the molecule is COc1cccc(-c2nc(C)c(-c3ccc(SCC(=O)Nc4ccc(Br)cc4)nn3)s2)c1. The highest BCUT2D eigenvalue weighted by atomic mass is 79.9. The molecule has 0 radical (unpaired) electrons. The van der Waals surface area contributed by atoms with Gasteiger partial charge in [-0.2, -0.15) is 0 Å². The number of amides is 1. The van der Waals surface area contributed by atoms with Crippen LogP contribution >= 0.6 is 39.0 Å². The zero-order valence-corrected chi connectivity index (χ0v) is 20.6. The molecule has 4 aromatic rings. The monoisotopic (exact) mass is 526 g/mol. The van der Waals surface area contributed by atoms with Gasteiger partial charge in [0.05, 0.1) is 23.4 Å². The molecule has 0 spiro atoms. The van der Waals surface area contributed by atoms with Gasteiger partial charge in [0.2, 0.25) is 5.91 Å². The van der Waals surface area contributed by atoms with Gasteiger partial charge in [0.15, 0.2) is 0 Å². The second-order valence-electron chi connectivity index (χ2n) is 6.77. The van der Waals surface area contributed by atoms with Crippen molar-refractivity contribution in [3.63, 3.8) is 0 Å². The molecule has 0 bridgehead atoms. The maximum Gasteiger partial charge on any atom is 0.234 e. The third kappa shape index (κ3) is 5.53. The second kappa shape index (κ2) is 10.2. The third-order valence-corrected chi connectivity index (χ3v) is 7.14. The van der Waals surface area contributed by atoms with Crippen LogP contribution in [-0.4, -0.2) is 34.0 Å². The molecule has 0 aliphatic heterocycles. The molecule has 1 amide bonds. The number of rotatable bonds is 7. The van der Waals surface area contributed by atoms with Gasteiger partial charge in [0, 0.05) is 15.7 Å². The Hall–Kier alpha value is -2.75. The first kappa shape index (κ1) is 22.4. The number of anilines is 1. The van der Waals surface area contributed by atoms with Crippen molar-refractivity contribution in [1.29, 1.82) is 0 Å². The van der Waals surface area contributed by atoms with E-state index in [1.54, 1.807) is 18.4 Å². The maximum atomic E-state index is 12.2. The van der Waals surface area contributed by atoms with Crippen molar-refractivity contribution in [2.75, 3.05) is 18.2 Å². The Morgan fingerprint density at radius 1 is 1.12 bits per heavy atom. The largest absolute Gasteiger partial charge is 0.497 e. The standard InChI is InChI=1S/C23H19BrN4O2S2/c1-14-22(32-23(25-14)15-4-3-5-18(12-15)30-2)19-10-11-21(28-27-19)31-13-20(29)26-17-8-6-16(24)7-9-17/h3-12H,13H2,1-2H3,(H,26,29). The van der Waals surface area contributed by atoms with E-state index in [0.29, 0.717) is 5.03 Å². The normalized spacial score (nSPS) is 10.7. The average Bonchev–Trinajstić information content (AvgIpc) is 3.21. The second-order valence-corrected chi connectivity index (χ2v) is 9.68. The van der Waals surface area contributed by atoms with Crippen LogP contribution in [0, 0.1) is 6.92 Å². The van der Waals surface area contributed by atoms with E-state index in [4.69, 9.17) is 9.72 Å². The van der Waals surface area contributed by atoms with Crippen LogP contribution < -0.4 is 10.1 Å².